The van der Waals surface area contributed by atoms with Gasteiger partial charge in [0.25, 0.3) is 0 Å². The fourth-order valence-corrected chi connectivity index (χ4v) is 0.728. The number of rotatable bonds is 1. The van der Waals surface area contributed by atoms with E-state index < -0.39 is 15.7 Å². The molecule has 6 heteroatoms. The van der Waals surface area contributed by atoms with Gasteiger partial charge in [0.15, 0.2) is 4.99 Å². The third-order valence-corrected chi connectivity index (χ3v) is 1.31. The van der Waals surface area contributed by atoms with Crippen LogP contribution in [0.25, 0.3) is 0 Å². The van der Waals surface area contributed by atoms with E-state index in [0.717, 1.165) is 6.08 Å². The van der Waals surface area contributed by atoms with Crippen molar-refractivity contribution in [1.82, 2.24) is 5.32 Å². The van der Waals surface area contributed by atoms with Crippen LogP contribution in [0.5, 0.6) is 0 Å². The maximum atomic E-state index is 10.1. The molecule has 0 aliphatic carbocycles. The number of hydrogen-bond acceptors (Lipinski definition) is 3. The number of halogens is 1. The normalized spacial score (nSPS) is 8.10. The standard InChI is InChI=1S/C4H4ClNO3S/c1-2-3(10(8)9)6-4(5)7/h2H,1H2,(H,6,7). The van der Waals surface area contributed by atoms with Gasteiger partial charge in [-0.3, -0.25) is 10.1 Å². The van der Waals surface area contributed by atoms with E-state index in [-0.39, 0.29) is 4.99 Å². The molecule has 4 nitrogen and oxygen atoms in total. The summed E-state index contributed by atoms with van der Waals surface area (Å²) in [7, 11) is -2.49. The molecule has 0 aliphatic heterocycles. The second-order valence-electron chi connectivity index (χ2n) is 1.20. The van der Waals surface area contributed by atoms with Gasteiger partial charge < -0.3 is 0 Å². The number of amides is 1. The number of nitrogens with one attached hydrogen (secondary N) is 1. The van der Waals surface area contributed by atoms with Crippen LogP contribution in [0, 0.1) is 0 Å². The van der Waals surface area contributed by atoms with Crippen molar-refractivity contribution in [2.45, 2.75) is 0 Å². The summed E-state index contributed by atoms with van der Waals surface area (Å²) >= 11 is 4.80. The highest BCUT2D eigenvalue weighted by Gasteiger charge is 1.97. The quantitative estimate of drug-likeness (QED) is 0.271. The van der Waals surface area contributed by atoms with Crippen LogP contribution in [-0.4, -0.2) is 18.8 Å². The Bertz CT molecular complexity index is 271. The molecule has 0 fully saturated rings. The van der Waals surface area contributed by atoms with E-state index >= 15 is 0 Å². The maximum Gasteiger partial charge on any atom is 0.318 e. The van der Waals surface area contributed by atoms with Crippen LogP contribution in [0.2, 0.25) is 0 Å². The van der Waals surface area contributed by atoms with Gasteiger partial charge in [0.1, 0.15) is 0 Å². The van der Waals surface area contributed by atoms with Crippen LogP contribution in [-0.2, 0) is 10.3 Å². The van der Waals surface area contributed by atoms with Gasteiger partial charge in [-0.15, -0.1) is 0 Å². The Balaban J connectivity index is 4.58. The van der Waals surface area contributed by atoms with Gasteiger partial charge in [0, 0.05) is 0 Å². The van der Waals surface area contributed by atoms with Gasteiger partial charge >= 0.3 is 5.37 Å². The summed E-state index contributed by atoms with van der Waals surface area (Å²) in [5.74, 6) is 0. The minimum absolute atomic E-state index is 0.333. The van der Waals surface area contributed by atoms with Crippen molar-refractivity contribution in [2.24, 2.45) is 0 Å². The highest BCUT2D eigenvalue weighted by Crippen LogP contribution is 1.77. The fourth-order valence-electron chi connectivity index (χ4n) is 0.258. The number of hydrogen-bond donors (Lipinski definition) is 1. The molecular formula is C4H4ClNO3S. The Labute approximate surface area is 64.0 Å². The molecule has 0 radical (unpaired) electrons. The first-order valence-corrected chi connectivity index (χ1v) is 3.58. The molecule has 0 aromatic rings. The Morgan fingerprint density at radius 1 is 1.60 bits per heavy atom. The summed E-state index contributed by atoms with van der Waals surface area (Å²) in [5, 5.41) is 0.882. The van der Waals surface area contributed by atoms with Gasteiger partial charge in [-0.2, -0.15) is 8.42 Å². The third kappa shape index (κ3) is 3.26. The highest BCUT2D eigenvalue weighted by molar-refractivity contribution is 7.73. The summed E-state index contributed by atoms with van der Waals surface area (Å²) in [6.07, 6.45) is 0.976. The zero-order chi connectivity index (χ0) is 8.15. The average molecular weight is 182 g/mol. The van der Waals surface area contributed by atoms with Gasteiger partial charge in [0.05, 0.1) is 0 Å². The summed E-state index contributed by atoms with van der Waals surface area (Å²) < 4.78 is 20.2. The predicted octanol–water partition coefficient (Wildman–Crippen LogP) is 0.130. The molecule has 0 spiro atoms. The first kappa shape index (κ1) is 9.19. The summed E-state index contributed by atoms with van der Waals surface area (Å²) in [6.45, 7) is 3.13. The molecule has 0 bridgehead atoms. The summed E-state index contributed by atoms with van der Waals surface area (Å²) in [4.78, 5) is 9.70. The minimum atomic E-state index is -2.49. The van der Waals surface area contributed by atoms with Gasteiger partial charge in [0.2, 0.25) is 10.3 Å². The SMILES string of the molecule is C=CC(NC(=O)Cl)=S(=O)=O. The molecule has 0 unspecified atom stereocenters. The van der Waals surface area contributed by atoms with Crippen LogP contribution in [0.4, 0.5) is 4.79 Å². The zero-order valence-electron chi connectivity index (χ0n) is 4.80. The second kappa shape index (κ2) is 4.08. The molecule has 0 saturated heterocycles. The molecule has 56 valence electrons. The first-order valence-electron chi connectivity index (χ1n) is 2.13. The van der Waals surface area contributed by atoms with Crippen molar-refractivity contribution < 1.29 is 13.2 Å². The highest BCUT2D eigenvalue weighted by atomic mass is 35.5. The smallest absolute Gasteiger partial charge is 0.299 e. The van der Waals surface area contributed by atoms with Crippen LogP contribution in [0.15, 0.2) is 12.7 Å². The Hall–Kier alpha value is -0.810. The molecule has 0 aromatic heterocycles. The molecule has 1 N–H and O–H groups in total. The minimum Gasteiger partial charge on any atom is -0.299 e. The molecule has 0 atom stereocenters. The predicted molar refractivity (Wildman–Crippen MR) is 38.5 cm³/mol. The van der Waals surface area contributed by atoms with Gasteiger partial charge in [-0.05, 0) is 17.7 Å². The van der Waals surface area contributed by atoms with E-state index in [0.29, 0.717) is 0 Å². The number of carbonyl (C=O) groups excluding carboxylic acids is 1. The first-order chi connectivity index (χ1) is 4.57. The lowest BCUT2D eigenvalue weighted by molar-refractivity contribution is 0.263. The average Bonchev–Trinajstić information content (AvgIpc) is 1.81. The van der Waals surface area contributed by atoms with Crippen LogP contribution >= 0.6 is 11.6 Å². The van der Waals surface area contributed by atoms with Crippen LogP contribution in [0.3, 0.4) is 0 Å². The van der Waals surface area contributed by atoms with Crippen molar-refractivity contribution in [3.8, 4) is 0 Å². The summed E-state index contributed by atoms with van der Waals surface area (Å²) in [6, 6.07) is 0. The lowest BCUT2D eigenvalue weighted by atomic mass is 10.6. The zero-order valence-corrected chi connectivity index (χ0v) is 6.37. The lowest BCUT2D eigenvalue weighted by Gasteiger charge is -1.91. The van der Waals surface area contributed by atoms with Crippen molar-refractivity contribution in [3.63, 3.8) is 0 Å². The Morgan fingerprint density at radius 3 is 2.20 bits per heavy atom. The maximum absolute atomic E-state index is 10.1. The topological polar surface area (TPSA) is 63.2 Å². The number of carbonyl (C=O) groups is 1. The molecular weight excluding hydrogens is 178 g/mol. The van der Waals surface area contributed by atoms with Gasteiger partial charge in [-0.25, -0.2) is 0 Å². The van der Waals surface area contributed by atoms with Crippen molar-refractivity contribution in [3.05, 3.63) is 12.7 Å². The molecule has 0 aliphatic rings. The van der Waals surface area contributed by atoms with E-state index in [1.165, 1.54) is 0 Å². The monoisotopic (exact) mass is 181 g/mol. The van der Waals surface area contributed by atoms with Crippen molar-refractivity contribution >= 4 is 32.2 Å². The largest absolute Gasteiger partial charge is 0.318 e. The molecule has 10 heavy (non-hydrogen) atoms. The van der Waals surface area contributed by atoms with E-state index in [4.69, 9.17) is 11.6 Å². The third-order valence-electron chi connectivity index (χ3n) is 0.586. The molecule has 0 saturated carbocycles. The lowest BCUT2D eigenvalue weighted by Crippen LogP contribution is -2.24. The second-order valence-corrected chi connectivity index (χ2v) is 2.45. The Kier molecular flexibility index (Phi) is 3.75. The Morgan fingerprint density at radius 2 is 2.10 bits per heavy atom. The molecule has 0 heterocycles. The van der Waals surface area contributed by atoms with E-state index in [9.17, 15) is 13.2 Å². The van der Waals surface area contributed by atoms with E-state index in [2.05, 4.69) is 6.58 Å². The van der Waals surface area contributed by atoms with Crippen LogP contribution < -0.4 is 5.32 Å². The van der Waals surface area contributed by atoms with E-state index in [1.807, 2.05) is 5.32 Å². The van der Waals surface area contributed by atoms with Gasteiger partial charge in [-0.1, -0.05) is 6.58 Å². The summed E-state index contributed by atoms with van der Waals surface area (Å²) in [5.41, 5.74) is 0. The van der Waals surface area contributed by atoms with Crippen molar-refractivity contribution in [2.75, 3.05) is 0 Å². The van der Waals surface area contributed by atoms with Crippen LogP contribution in [0.1, 0.15) is 0 Å². The molecule has 0 rings (SSSR count). The molecule has 1 amide bonds. The van der Waals surface area contributed by atoms with E-state index in [1.54, 1.807) is 0 Å². The molecule has 0 aromatic carbocycles. The van der Waals surface area contributed by atoms with Crippen molar-refractivity contribution in [1.29, 1.82) is 0 Å². The fraction of sp³-hybridized carbons (Fsp3) is 0.